The Morgan fingerprint density at radius 3 is 2.67 bits per heavy atom. The van der Waals surface area contributed by atoms with E-state index in [-0.39, 0.29) is 24.1 Å². The standard InChI is InChI=1S/C15H17FINO3/c16-12-8-10(6-7-13(12)17)15(20)21-9-14(19)18-11-4-2-1-3-5-11/h6-8,11H,1-5,9H2,(H,18,19). The summed E-state index contributed by atoms with van der Waals surface area (Å²) in [4.78, 5) is 23.4. The van der Waals surface area contributed by atoms with Gasteiger partial charge in [0.1, 0.15) is 5.82 Å². The zero-order valence-electron chi connectivity index (χ0n) is 11.5. The Morgan fingerprint density at radius 1 is 1.29 bits per heavy atom. The number of nitrogens with one attached hydrogen (secondary N) is 1. The summed E-state index contributed by atoms with van der Waals surface area (Å²) in [6.45, 7) is -0.330. The predicted molar refractivity (Wildman–Crippen MR) is 84.4 cm³/mol. The van der Waals surface area contributed by atoms with Gasteiger partial charge in [-0.15, -0.1) is 0 Å². The summed E-state index contributed by atoms with van der Waals surface area (Å²) in [7, 11) is 0. The number of esters is 1. The lowest BCUT2D eigenvalue weighted by Crippen LogP contribution is -2.38. The Balaban J connectivity index is 1.80. The molecule has 1 aromatic carbocycles. The average molecular weight is 405 g/mol. The van der Waals surface area contributed by atoms with Gasteiger partial charge in [-0.1, -0.05) is 19.3 Å². The van der Waals surface area contributed by atoms with Crippen molar-refractivity contribution in [1.29, 1.82) is 0 Å². The molecule has 0 atom stereocenters. The maximum atomic E-state index is 13.4. The van der Waals surface area contributed by atoms with Crippen molar-refractivity contribution in [2.75, 3.05) is 6.61 Å². The molecule has 1 aliphatic carbocycles. The monoisotopic (exact) mass is 405 g/mol. The van der Waals surface area contributed by atoms with Crippen LogP contribution in [0.4, 0.5) is 4.39 Å². The summed E-state index contributed by atoms with van der Waals surface area (Å²) in [5.74, 6) is -1.47. The number of ether oxygens (including phenoxy) is 1. The fraction of sp³-hybridized carbons (Fsp3) is 0.467. The molecule has 21 heavy (non-hydrogen) atoms. The van der Waals surface area contributed by atoms with Crippen LogP contribution >= 0.6 is 22.6 Å². The minimum absolute atomic E-state index is 0.110. The van der Waals surface area contributed by atoms with Gasteiger partial charge in [0.2, 0.25) is 0 Å². The van der Waals surface area contributed by atoms with E-state index in [9.17, 15) is 14.0 Å². The normalized spacial score (nSPS) is 15.5. The SMILES string of the molecule is O=C(COC(=O)c1ccc(I)c(F)c1)NC1CCCCC1. The van der Waals surface area contributed by atoms with E-state index in [2.05, 4.69) is 5.32 Å². The zero-order valence-corrected chi connectivity index (χ0v) is 13.7. The number of carbonyl (C=O) groups is 2. The molecule has 1 aromatic rings. The molecule has 1 N–H and O–H groups in total. The molecular weight excluding hydrogens is 388 g/mol. The summed E-state index contributed by atoms with van der Waals surface area (Å²) in [5, 5.41) is 2.85. The van der Waals surface area contributed by atoms with Crippen LogP contribution in [0.15, 0.2) is 18.2 Å². The molecule has 1 aliphatic rings. The molecular formula is C15H17FINO3. The molecule has 0 saturated heterocycles. The molecule has 0 aliphatic heterocycles. The highest BCUT2D eigenvalue weighted by molar-refractivity contribution is 14.1. The van der Waals surface area contributed by atoms with Gasteiger partial charge in [0.25, 0.3) is 5.91 Å². The Hall–Kier alpha value is -1.18. The second-order valence-electron chi connectivity index (χ2n) is 5.11. The number of carbonyl (C=O) groups excluding carboxylic acids is 2. The Labute approximate surface area is 136 Å². The van der Waals surface area contributed by atoms with Crippen molar-refractivity contribution >= 4 is 34.5 Å². The highest BCUT2D eigenvalue weighted by Gasteiger charge is 2.17. The number of benzene rings is 1. The van der Waals surface area contributed by atoms with Gasteiger partial charge in [0.15, 0.2) is 6.61 Å². The number of amides is 1. The third kappa shape index (κ3) is 4.94. The second kappa shape index (κ2) is 7.72. The van der Waals surface area contributed by atoms with Crippen LogP contribution in [-0.2, 0) is 9.53 Å². The average Bonchev–Trinajstić information content (AvgIpc) is 2.48. The van der Waals surface area contributed by atoms with Crippen LogP contribution in [0.3, 0.4) is 0 Å². The summed E-state index contributed by atoms with van der Waals surface area (Å²) >= 11 is 1.84. The molecule has 1 amide bonds. The molecule has 0 heterocycles. The number of halogens is 2. The lowest BCUT2D eigenvalue weighted by molar-refractivity contribution is -0.125. The van der Waals surface area contributed by atoms with Crippen LogP contribution in [0.5, 0.6) is 0 Å². The van der Waals surface area contributed by atoms with Gasteiger partial charge >= 0.3 is 5.97 Å². The van der Waals surface area contributed by atoms with Gasteiger partial charge in [-0.05, 0) is 53.6 Å². The van der Waals surface area contributed by atoms with Crippen molar-refractivity contribution in [2.24, 2.45) is 0 Å². The first-order valence-corrected chi connectivity index (χ1v) is 8.05. The lowest BCUT2D eigenvalue weighted by atomic mass is 9.95. The van der Waals surface area contributed by atoms with E-state index in [1.807, 2.05) is 22.6 Å². The van der Waals surface area contributed by atoms with E-state index in [4.69, 9.17) is 4.74 Å². The number of hydrogen-bond donors (Lipinski definition) is 1. The minimum Gasteiger partial charge on any atom is -0.452 e. The third-order valence-electron chi connectivity index (χ3n) is 3.46. The summed E-state index contributed by atoms with van der Waals surface area (Å²) in [6.07, 6.45) is 5.39. The van der Waals surface area contributed by atoms with E-state index in [1.165, 1.54) is 18.6 Å². The Bertz CT molecular complexity index is 530. The molecule has 0 unspecified atom stereocenters. The van der Waals surface area contributed by atoms with E-state index >= 15 is 0 Å². The summed E-state index contributed by atoms with van der Waals surface area (Å²) < 4.78 is 18.7. The smallest absolute Gasteiger partial charge is 0.338 e. The van der Waals surface area contributed by atoms with Crippen LogP contribution in [0.25, 0.3) is 0 Å². The first kappa shape index (κ1) is 16.2. The van der Waals surface area contributed by atoms with Crippen LogP contribution < -0.4 is 5.32 Å². The molecule has 1 fully saturated rings. The van der Waals surface area contributed by atoms with Gasteiger partial charge < -0.3 is 10.1 Å². The highest BCUT2D eigenvalue weighted by Crippen LogP contribution is 2.17. The molecule has 4 nitrogen and oxygen atoms in total. The zero-order chi connectivity index (χ0) is 15.2. The molecule has 6 heteroatoms. The predicted octanol–water partition coefficient (Wildman–Crippen LogP) is 3.04. The molecule has 0 spiro atoms. The van der Waals surface area contributed by atoms with Crippen molar-refractivity contribution in [1.82, 2.24) is 5.32 Å². The molecule has 0 aromatic heterocycles. The van der Waals surface area contributed by atoms with Gasteiger partial charge in [0.05, 0.1) is 5.56 Å². The van der Waals surface area contributed by atoms with Crippen LogP contribution in [0, 0.1) is 9.39 Å². The second-order valence-corrected chi connectivity index (χ2v) is 6.27. The van der Waals surface area contributed by atoms with Crippen molar-refractivity contribution in [2.45, 2.75) is 38.1 Å². The van der Waals surface area contributed by atoms with Crippen LogP contribution in [0.1, 0.15) is 42.5 Å². The summed E-state index contributed by atoms with van der Waals surface area (Å²) in [6, 6.07) is 4.27. The maximum Gasteiger partial charge on any atom is 0.338 e. The van der Waals surface area contributed by atoms with E-state index in [0.717, 1.165) is 31.7 Å². The van der Waals surface area contributed by atoms with Crippen LogP contribution in [0.2, 0.25) is 0 Å². The molecule has 0 bridgehead atoms. The minimum atomic E-state index is -0.691. The first-order valence-electron chi connectivity index (χ1n) is 6.98. The van der Waals surface area contributed by atoms with Crippen molar-refractivity contribution in [3.63, 3.8) is 0 Å². The van der Waals surface area contributed by atoms with Crippen molar-refractivity contribution in [3.05, 3.63) is 33.1 Å². The van der Waals surface area contributed by atoms with E-state index in [1.54, 1.807) is 0 Å². The molecule has 0 radical (unpaired) electrons. The third-order valence-corrected chi connectivity index (χ3v) is 4.33. The maximum absolute atomic E-state index is 13.4. The fourth-order valence-electron chi connectivity index (χ4n) is 2.35. The van der Waals surface area contributed by atoms with Crippen LogP contribution in [-0.4, -0.2) is 24.5 Å². The largest absolute Gasteiger partial charge is 0.452 e. The van der Waals surface area contributed by atoms with Crippen molar-refractivity contribution < 1.29 is 18.7 Å². The van der Waals surface area contributed by atoms with Crippen molar-refractivity contribution in [3.8, 4) is 0 Å². The van der Waals surface area contributed by atoms with E-state index < -0.39 is 11.8 Å². The van der Waals surface area contributed by atoms with Gasteiger partial charge in [-0.2, -0.15) is 0 Å². The lowest BCUT2D eigenvalue weighted by Gasteiger charge is -2.22. The molecule has 2 rings (SSSR count). The number of rotatable bonds is 4. The highest BCUT2D eigenvalue weighted by atomic mass is 127. The van der Waals surface area contributed by atoms with Gasteiger partial charge in [0, 0.05) is 9.61 Å². The Morgan fingerprint density at radius 2 is 2.00 bits per heavy atom. The quantitative estimate of drug-likeness (QED) is 0.619. The first-order chi connectivity index (χ1) is 10.1. The molecule has 1 saturated carbocycles. The molecule has 114 valence electrons. The fourth-order valence-corrected chi connectivity index (χ4v) is 2.69. The van der Waals surface area contributed by atoms with Gasteiger partial charge in [-0.25, -0.2) is 9.18 Å². The topological polar surface area (TPSA) is 55.4 Å². The Kier molecular flexibility index (Phi) is 5.96. The number of hydrogen-bond acceptors (Lipinski definition) is 3. The summed E-state index contributed by atoms with van der Waals surface area (Å²) in [5.41, 5.74) is 0.110. The van der Waals surface area contributed by atoms with E-state index in [0.29, 0.717) is 3.57 Å². The van der Waals surface area contributed by atoms with Gasteiger partial charge in [-0.3, -0.25) is 4.79 Å².